The molecule has 0 bridgehead atoms. The minimum atomic E-state index is 0.635. The van der Waals surface area contributed by atoms with Gasteiger partial charge in [0.25, 0.3) is 0 Å². The highest BCUT2D eigenvalue weighted by Gasteiger charge is 2.34. The molecule has 0 aliphatic carbocycles. The number of hydrogen-bond donors (Lipinski definition) is 1. The maximum Gasteiger partial charge on any atom is 0.137 e. The molecule has 3 nitrogen and oxygen atoms in total. The second-order valence-corrected chi connectivity index (χ2v) is 6.25. The van der Waals surface area contributed by atoms with Gasteiger partial charge in [-0.15, -0.1) is 0 Å². The van der Waals surface area contributed by atoms with Crippen LogP contribution in [-0.4, -0.2) is 37.2 Å². The summed E-state index contributed by atoms with van der Waals surface area (Å²) in [5.74, 6) is 0.745. The first kappa shape index (κ1) is 14.2. The Bertz CT molecular complexity index is 466. The molecular weight excluding hydrogens is 272 g/mol. The van der Waals surface area contributed by atoms with E-state index < -0.39 is 0 Å². The van der Waals surface area contributed by atoms with Crippen LogP contribution in [0.4, 0.5) is 0 Å². The molecule has 4 heteroatoms. The molecule has 0 spiro atoms. The van der Waals surface area contributed by atoms with Crippen molar-refractivity contribution in [1.29, 1.82) is 0 Å². The summed E-state index contributed by atoms with van der Waals surface area (Å²) in [6, 6.07) is 7.42. The molecule has 110 valence electrons. The van der Waals surface area contributed by atoms with Crippen LogP contribution < -0.4 is 10.1 Å². The van der Waals surface area contributed by atoms with Crippen LogP contribution in [0.1, 0.15) is 31.2 Å². The second kappa shape index (κ2) is 6.33. The number of fused-ring (bicyclic) bond motifs is 1. The molecule has 2 saturated heterocycles. The van der Waals surface area contributed by atoms with Crippen molar-refractivity contribution in [2.45, 2.75) is 44.3 Å². The van der Waals surface area contributed by atoms with Crippen LogP contribution in [0.5, 0.6) is 5.75 Å². The number of halogens is 1. The number of nitrogens with one attached hydrogen (secondary N) is 1. The van der Waals surface area contributed by atoms with Gasteiger partial charge in [0, 0.05) is 25.2 Å². The number of hydrogen-bond acceptors (Lipinski definition) is 3. The first-order valence-electron chi connectivity index (χ1n) is 7.58. The van der Waals surface area contributed by atoms with Gasteiger partial charge in [-0.25, -0.2) is 0 Å². The lowest BCUT2D eigenvalue weighted by molar-refractivity contribution is 0.180. The van der Waals surface area contributed by atoms with E-state index in [4.69, 9.17) is 16.3 Å². The Hall–Kier alpha value is -0.770. The van der Waals surface area contributed by atoms with Crippen molar-refractivity contribution < 1.29 is 4.74 Å². The van der Waals surface area contributed by atoms with Crippen molar-refractivity contribution in [2.24, 2.45) is 0 Å². The van der Waals surface area contributed by atoms with Crippen molar-refractivity contribution in [3.05, 3.63) is 28.8 Å². The van der Waals surface area contributed by atoms with E-state index in [1.807, 2.05) is 12.1 Å². The number of benzene rings is 1. The third-order valence-electron chi connectivity index (χ3n) is 4.64. The Morgan fingerprint density at radius 2 is 2.20 bits per heavy atom. The number of methoxy groups -OCH3 is 1. The Morgan fingerprint density at radius 3 is 3.00 bits per heavy atom. The molecule has 2 aliphatic heterocycles. The first-order valence-corrected chi connectivity index (χ1v) is 7.95. The maximum absolute atomic E-state index is 6.17. The van der Waals surface area contributed by atoms with Crippen molar-refractivity contribution >= 4 is 11.6 Å². The van der Waals surface area contributed by atoms with Gasteiger partial charge < -0.3 is 10.1 Å². The van der Waals surface area contributed by atoms with E-state index >= 15 is 0 Å². The van der Waals surface area contributed by atoms with Gasteiger partial charge in [-0.2, -0.15) is 0 Å². The molecular formula is C16H23ClN2O. The lowest BCUT2D eigenvalue weighted by Gasteiger charge is -2.32. The summed E-state index contributed by atoms with van der Waals surface area (Å²) in [6.07, 6.45) is 5.38. The molecule has 2 unspecified atom stereocenters. The minimum absolute atomic E-state index is 0.635. The lowest BCUT2D eigenvalue weighted by Crippen LogP contribution is -2.44. The van der Waals surface area contributed by atoms with Crippen molar-refractivity contribution in [3.8, 4) is 5.75 Å². The molecule has 2 atom stereocenters. The van der Waals surface area contributed by atoms with E-state index in [0.29, 0.717) is 11.1 Å². The molecule has 0 radical (unpaired) electrons. The molecule has 2 heterocycles. The topological polar surface area (TPSA) is 24.5 Å². The zero-order chi connectivity index (χ0) is 13.9. The van der Waals surface area contributed by atoms with Crippen molar-refractivity contribution in [2.75, 3.05) is 20.2 Å². The molecule has 0 aromatic heterocycles. The molecule has 2 fully saturated rings. The third kappa shape index (κ3) is 2.95. The summed E-state index contributed by atoms with van der Waals surface area (Å²) in [5.41, 5.74) is 1.23. The number of rotatable bonds is 4. The fourth-order valence-electron chi connectivity index (χ4n) is 3.55. The average molecular weight is 295 g/mol. The van der Waals surface area contributed by atoms with E-state index in [2.05, 4.69) is 16.3 Å². The standard InChI is InChI=1S/C16H23ClN2O/c1-20-16-6-5-12(10-13(16)17)11-18-14-7-9-19-8-3-2-4-15(14)19/h5-6,10,14-15,18H,2-4,7-9,11H2,1H3. The van der Waals surface area contributed by atoms with E-state index in [9.17, 15) is 0 Å². The zero-order valence-electron chi connectivity index (χ0n) is 12.1. The first-order chi connectivity index (χ1) is 9.78. The number of piperidine rings is 1. The monoisotopic (exact) mass is 294 g/mol. The Balaban J connectivity index is 1.58. The van der Waals surface area contributed by atoms with Crippen LogP contribution in [0.2, 0.25) is 5.02 Å². The van der Waals surface area contributed by atoms with Gasteiger partial charge in [0.2, 0.25) is 0 Å². The van der Waals surface area contributed by atoms with Crippen LogP contribution in [0.25, 0.3) is 0 Å². The van der Waals surface area contributed by atoms with Crippen LogP contribution in [0, 0.1) is 0 Å². The molecule has 0 amide bonds. The normalized spacial score (nSPS) is 26.5. The maximum atomic E-state index is 6.17. The molecule has 3 rings (SSSR count). The van der Waals surface area contributed by atoms with E-state index in [1.54, 1.807) is 7.11 Å². The highest BCUT2D eigenvalue weighted by Crippen LogP contribution is 2.28. The summed E-state index contributed by atoms with van der Waals surface area (Å²) >= 11 is 6.17. The largest absolute Gasteiger partial charge is 0.495 e. The Morgan fingerprint density at radius 1 is 1.30 bits per heavy atom. The van der Waals surface area contributed by atoms with Crippen LogP contribution in [0.15, 0.2) is 18.2 Å². The minimum Gasteiger partial charge on any atom is -0.495 e. The summed E-state index contributed by atoms with van der Waals surface area (Å²) in [6.45, 7) is 3.43. The Kier molecular flexibility index (Phi) is 4.49. The highest BCUT2D eigenvalue weighted by molar-refractivity contribution is 6.32. The van der Waals surface area contributed by atoms with Gasteiger partial charge in [0.15, 0.2) is 0 Å². The van der Waals surface area contributed by atoms with Crippen LogP contribution >= 0.6 is 11.6 Å². The fraction of sp³-hybridized carbons (Fsp3) is 0.625. The van der Waals surface area contributed by atoms with E-state index in [-0.39, 0.29) is 0 Å². The second-order valence-electron chi connectivity index (χ2n) is 5.84. The summed E-state index contributed by atoms with van der Waals surface area (Å²) in [4.78, 5) is 2.65. The Labute approximate surface area is 126 Å². The quantitative estimate of drug-likeness (QED) is 0.924. The molecule has 0 saturated carbocycles. The summed E-state index contributed by atoms with van der Waals surface area (Å²) < 4.78 is 5.19. The van der Waals surface area contributed by atoms with Crippen LogP contribution in [-0.2, 0) is 6.54 Å². The predicted molar refractivity (Wildman–Crippen MR) is 82.5 cm³/mol. The van der Waals surface area contributed by atoms with Crippen molar-refractivity contribution in [1.82, 2.24) is 10.2 Å². The van der Waals surface area contributed by atoms with Gasteiger partial charge >= 0.3 is 0 Å². The number of nitrogens with zero attached hydrogens (tertiary/aromatic N) is 1. The van der Waals surface area contributed by atoms with Crippen LogP contribution in [0.3, 0.4) is 0 Å². The molecule has 2 aliphatic rings. The van der Waals surface area contributed by atoms with Gasteiger partial charge in [0.1, 0.15) is 5.75 Å². The molecule has 1 aromatic carbocycles. The highest BCUT2D eigenvalue weighted by atomic mass is 35.5. The third-order valence-corrected chi connectivity index (χ3v) is 4.94. The van der Waals surface area contributed by atoms with E-state index in [0.717, 1.165) is 18.3 Å². The van der Waals surface area contributed by atoms with Gasteiger partial charge in [-0.05, 0) is 43.5 Å². The fourth-order valence-corrected chi connectivity index (χ4v) is 3.83. The number of ether oxygens (including phenoxy) is 1. The zero-order valence-corrected chi connectivity index (χ0v) is 12.8. The predicted octanol–water partition coefficient (Wildman–Crippen LogP) is 3.07. The smallest absolute Gasteiger partial charge is 0.137 e. The molecule has 20 heavy (non-hydrogen) atoms. The van der Waals surface area contributed by atoms with Crippen molar-refractivity contribution in [3.63, 3.8) is 0 Å². The molecule has 1 aromatic rings. The van der Waals surface area contributed by atoms with Gasteiger partial charge in [-0.1, -0.05) is 24.1 Å². The molecule has 1 N–H and O–H groups in total. The SMILES string of the molecule is COc1ccc(CNC2CCN3CCCCC23)cc1Cl. The lowest BCUT2D eigenvalue weighted by atomic mass is 9.99. The summed E-state index contributed by atoms with van der Waals surface area (Å²) in [7, 11) is 1.65. The van der Waals surface area contributed by atoms with Gasteiger partial charge in [-0.3, -0.25) is 4.90 Å². The average Bonchev–Trinajstić information content (AvgIpc) is 2.88. The summed E-state index contributed by atoms with van der Waals surface area (Å²) in [5, 5.41) is 4.41. The van der Waals surface area contributed by atoms with Gasteiger partial charge in [0.05, 0.1) is 12.1 Å². The van der Waals surface area contributed by atoms with E-state index in [1.165, 1.54) is 44.3 Å².